The number of amides is 2. The fourth-order valence-corrected chi connectivity index (χ4v) is 3.81. The molecule has 1 unspecified atom stereocenters. The molecule has 0 radical (unpaired) electrons. The first-order valence-corrected chi connectivity index (χ1v) is 10.4. The number of benzene rings is 2. The number of hydrogen-bond donors (Lipinski definition) is 2. The Bertz CT molecular complexity index is 1010. The van der Waals surface area contributed by atoms with Crippen LogP contribution in [0.2, 0.25) is 5.02 Å². The average molecular weight is 445 g/mol. The zero-order chi connectivity index (χ0) is 21.5. The average Bonchev–Trinajstić information content (AvgIpc) is 3.30. The standard InChI is InChI=1S/C22H21ClN2O4S/c1-28-17-10-7-15(12-18(17)29-2)22(27)24-13-20(26)25-21(19-4-3-11-30-19)14-5-8-16(23)9-6-14/h3-12,21H,13H2,1-2H3,(H,24,27)(H,25,26). The molecule has 1 heterocycles. The largest absolute Gasteiger partial charge is 0.493 e. The molecule has 2 aromatic carbocycles. The van der Waals surface area contributed by atoms with Gasteiger partial charge in [-0.05, 0) is 47.3 Å². The highest BCUT2D eigenvalue weighted by atomic mass is 35.5. The van der Waals surface area contributed by atoms with Crippen LogP contribution < -0.4 is 20.1 Å². The first kappa shape index (κ1) is 21.7. The summed E-state index contributed by atoms with van der Waals surface area (Å²) in [5.74, 6) is 0.270. The van der Waals surface area contributed by atoms with Gasteiger partial charge in [0.05, 0.1) is 26.8 Å². The second-order valence-electron chi connectivity index (χ2n) is 6.32. The van der Waals surface area contributed by atoms with Crippen molar-refractivity contribution in [1.29, 1.82) is 0 Å². The Kier molecular flexibility index (Phi) is 7.32. The summed E-state index contributed by atoms with van der Waals surface area (Å²) in [5.41, 5.74) is 1.27. The molecule has 3 rings (SSSR count). The van der Waals surface area contributed by atoms with E-state index in [4.69, 9.17) is 21.1 Å². The lowest BCUT2D eigenvalue weighted by molar-refractivity contribution is -0.120. The van der Waals surface area contributed by atoms with Gasteiger partial charge in [0, 0.05) is 15.5 Å². The summed E-state index contributed by atoms with van der Waals surface area (Å²) in [6.07, 6.45) is 0. The summed E-state index contributed by atoms with van der Waals surface area (Å²) < 4.78 is 10.4. The Morgan fingerprint density at radius 1 is 1.03 bits per heavy atom. The molecule has 0 fully saturated rings. The van der Waals surface area contributed by atoms with Crippen LogP contribution in [0.1, 0.15) is 26.8 Å². The van der Waals surface area contributed by atoms with Crippen LogP contribution in [0.25, 0.3) is 0 Å². The lowest BCUT2D eigenvalue weighted by Crippen LogP contribution is -2.38. The van der Waals surface area contributed by atoms with Gasteiger partial charge < -0.3 is 20.1 Å². The maximum absolute atomic E-state index is 12.6. The van der Waals surface area contributed by atoms with Crippen LogP contribution in [0.4, 0.5) is 0 Å². The first-order chi connectivity index (χ1) is 14.5. The van der Waals surface area contributed by atoms with Gasteiger partial charge in [0.2, 0.25) is 5.91 Å². The van der Waals surface area contributed by atoms with Gasteiger partial charge in [0.15, 0.2) is 11.5 Å². The Balaban J connectivity index is 1.66. The van der Waals surface area contributed by atoms with E-state index >= 15 is 0 Å². The minimum absolute atomic E-state index is 0.164. The van der Waals surface area contributed by atoms with E-state index in [1.165, 1.54) is 14.2 Å². The molecule has 156 valence electrons. The molecule has 0 aliphatic heterocycles. The van der Waals surface area contributed by atoms with E-state index in [-0.39, 0.29) is 24.4 Å². The van der Waals surface area contributed by atoms with Gasteiger partial charge in [0.25, 0.3) is 5.91 Å². The molecule has 0 aliphatic carbocycles. The van der Waals surface area contributed by atoms with Crippen LogP contribution in [-0.4, -0.2) is 32.6 Å². The van der Waals surface area contributed by atoms with Crippen LogP contribution in [0, 0.1) is 0 Å². The zero-order valence-corrected chi connectivity index (χ0v) is 18.0. The lowest BCUT2D eigenvalue weighted by atomic mass is 10.1. The number of halogens is 1. The molecular formula is C22H21ClN2O4S. The summed E-state index contributed by atoms with van der Waals surface area (Å²) in [6.45, 7) is -0.164. The monoisotopic (exact) mass is 444 g/mol. The normalized spacial score (nSPS) is 11.4. The minimum atomic E-state index is -0.384. The third-order valence-electron chi connectivity index (χ3n) is 4.39. The van der Waals surface area contributed by atoms with E-state index in [0.717, 1.165) is 10.4 Å². The van der Waals surface area contributed by atoms with Crippen LogP contribution >= 0.6 is 22.9 Å². The lowest BCUT2D eigenvalue weighted by Gasteiger charge is -2.18. The van der Waals surface area contributed by atoms with E-state index in [1.807, 2.05) is 29.6 Å². The Hall–Kier alpha value is -3.03. The van der Waals surface area contributed by atoms with E-state index in [9.17, 15) is 9.59 Å². The second-order valence-corrected chi connectivity index (χ2v) is 7.74. The van der Waals surface area contributed by atoms with Crippen molar-refractivity contribution in [1.82, 2.24) is 10.6 Å². The molecule has 0 saturated heterocycles. The van der Waals surface area contributed by atoms with Crippen molar-refractivity contribution < 1.29 is 19.1 Å². The van der Waals surface area contributed by atoms with E-state index in [2.05, 4.69) is 10.6 Å². The quantitative estimate of drug-likeness (QED) is 0.549. The molecule has 0 aliphatic rings. The number of methoxy groups -OCH3 is 2. The predicted molar refractivity (Wildman–Crippen MR) is 118 cm³/mol. The maximum Gasteiger partial charge on any atom is 0.251 e. The third kappa shape index (κ3) is 5.31. The maximum atomic E-state index is 12.6. The summed E-state index contributed by atoms with van der Waals surface area (Å²) in [4.78, 5) is 26.0. The van der Waals surface area contributed by atoms with Crippen molar-refractivity contribution in [2.24, 2.45) is 0 Å². The van der Waals surface area contributed by atoms with Crippen molar-refractivity contribution in [2.45, 2.75) is 6.04 Å². The molecular weight excluding hydrogens is 424 g/mol. The van der Waals surface area contributed by atoms with Crippen LogP contribution in [0.15, 0.2) is 60.0 Å². The van der Waals surface area contributed by atoms with Gasteiger partial charge >= 0.3 is 0 Å². The van der Waals surface area contributed by atoms with Crippen molar-refractivity contribution in [2.75, 3.05) is 20.8 Å². The van der Waals surface area contributed by atoms with Gasteiger partial charge in [-0.25, -0.2) is 0 Å². The van der Waals surface area contributed by atoms with Crippen LogP contribution in [0.3, 0.4) is 0 Å². The minimum Gasteiger partial charge on any atom is -0.493 e. The highest BCUT2D eigenvalue weighted by molar-refractivity contribution is 7.10. The number of nitrogens with one attached hydrogen (secondary N) is 2. The molecule has 0 spiro atoms. The number of rotatable bonds is 8. The number of hydrogen-bond acceptors (Lipinski definition) is 5. The molecule has 1 atom stereocenters. The summed E-state index contributed by atoms with van der Waals surface area (Å²) >= 11 is 7.52. The molecule has 0 saturated carbocycles. The fourth-order valence-electron chi connectivity index (χ4n) is 2.88. The number of carbonyl (C=O) groups excluding carboxylic acids is 2. The molecule has 2 N–H and O–H groups in total. The topological polar surface area (TPSA) is 76.7 Å². The van der Waals surface area contributed by atoms with Gasteiger partial charge in [-0.3, -0.25) is 9.59 Å². The van der Waals surface area contributed by atoms with Crippen molar-refractivity contribution >= 4 is 34.8 Å². The SMILES string of the molecule is COc1ccc(C(=O)NCC(=O)NC(c2ccc(Cl)cc2)c2cccs2)cc1OC. The van der Waals surface area contributed by atoms with Crippen molar-refractivity contribution in [3.63, 3.8) is 0 Å². The molecule has 1 aromatic heterocycles. The molecule has 30 heavy (non-hydrogen) atoms. The number of ether oxygens (including phenoxy) is 2. The van der Waals surface area contributed by atoms with Gasteiger partial charge in [-0.15, -0.1) is 11.3 Å². The van der Waals surface area contributed by atoms with Crippen LogP contribution in [-0.2, 0) is 4.79 Å². The van der Waals surface area contributed by atoms with Crippen molar-refractivity contribution in [3.8, 4) is 11.5 Å². The van der Waals surface area contributed by atoms with Crippen LogP contribution in [0.5, 0.6) is 11.5 Å². The van der Waals surface area contributed by atoms with Crippen molar-refractivity contribution in [3.05, 3.63) is 81.0 Å². The molecule has 0 bridgehead atoms. The number of carbonyl (C=O) groups is 2. The first-order valence-electron chi connectivity index (χ1n) is 9.10. The summed E-state index contributed by atoms with van der Waals surface area (Å²) in [5, 5.41) is 8.18. The van der Waals surface area contributed by atoms with E-state index in [1.54, 1.807) is 41.7 Å². The molecule has 2 amide bonds. The Morgan fingerprint density at radius 3 is 2.40 bits per heavy atom. The molecule has 3 aromatic rings. The molecule has 8 heteroatoms. The Labute approximate surface area is 183 Å². The smallest absolute Gasteiger partial charge is 0.251 e. The third-order valence-corrected chi connectivity index (χ3v) is 5.58. The number of thiophene rings is 1. The highest BCUT2D eigenvalue weighted by Crippen LogP contribution is 2.28. The molecule has 6 nitrogen and oxygen atoms in total. The summed E-state index contributed by atoms with van der Waals surface area (Å²) in [7, 11) is 3.01. The highest BCUT2D eigenvalue weighted by Gasteiger charge is 2.19. The van der Waals surface area contributed by atoms with Gasteiger partial charge in [-0.1, -0.05) is 29.8 Å². The predicted octanol–water partition coefficient (Wildman–Crippen LogP) is 4.05. The van der Waals surface area contributed by atoms with E-state index < -0.39 is 0 Å². The van der Waals surface area contributed by atoms with E-state index in [0.29, 0.717) is 22.1 Å². The second kappa shape index (κ2) is 10.1. The Morgan fingerprint density at radius 2 is 1.77 bits per heavy atom. The zero-order valence-electron chi connectivity index (χ0n) is 16.5. The summed E-state index contributed by atoms with van der Waals surface area (Å²) in [6, 6.07) is 15.7. The fraction of sp³-hybridized carbons (Fsp3) is 0.182. The van der Waals surface area contributed by atoms with Gasteiger partial charge in [0.1, 0.15) is 0 Å². The van der Waals surface area contributed by atoms with Gasteiger partial charge in [-0.2, -0.15) is 0 Å².